The number of rotatable bonds is 8. The zero-order valence-electron chi connectivity index (χ0n) is 15.7. The number of hydrogen-bond acceptors (Lipinski definition) is 3. The molecule has 5 heteroatoms. The van der Waals surface area contributed by atoms with Gasteiger partial charge in [0.25, 0.3) is 5.91 Å². The summed E-state index contributed by atoms with van der Waals surface area (Å²) in [5.41, 5.74) is 4.46. The molecule has 0 aliphatic heterocycles. The van der Waals surface area contributed by atoms with E-state index < -0.39 is 0 Å². The van der Waals surface area contributed by atoms with E-state index in [2.05, 4.69) is 29.8 Å². The monoisotopic (exact) mass is 353 g/mol. The highest BCUT2D eigenvalue weighted by Crippen LogP contribution is 2.14. The van der Waals surface area contributed by atoms with Gasteiger partial charge in [0.2, 0.25) is 5.91 Å². The maximum absolute atomic E-state index is 12.2. The largest absolute Gasteiger partial charge is 0.376 e. The third-order valence-corrected chi connectivity index (χ3v) is 4.18. The molecule has 0 bridgehead atoms. The van der Waals surface area contributed by atoms with Crippen molar-refractivity contribution in [1.29, 1.82) is 0 Å². The van der Waals surface area contributed by atoms with E-state index in [1.165, 1.54) is 11.1 Å². The number of carbonyl (C=O) groups is 2. The number of amides is 2. The van der Waals surface area contributed by atoms with E-state index in [9.17, 15) is 9.59 Å². The summed E-state index contributed by atoms with van der Waals surface area (Å²) >= 11 is 0. The first-order chi connectivity index (χ1) is 12.5. The molecule has 2 aromatic carbocycles. The number of carbonyl (C=O) groups excluding carboxylic acids is 2. The van der Waals surface area contributed by atoms with Gasteiger partial charge in [0.1, 0.15) is 0 Å². The summed E-state index contributed by atoms with van der Waals surface area (Å²) in [5.74, 6) is -0.283. The molecule has 0 aliphatic carbocycles. The number of nitrogens with one attached hydrogen (secondary N) is 3. The van der Waals surface area contributed by atoms with Crippen molar-refractivity contribution in [2.75, 3.05) is 23.7 Å². The molecule has 0 spiro atoms. The molecule has 0 saturated heterocycles. The van der Waals surface area contributed by atoms with Gasteiger partial charge in [0.15, 0.2) is 0 Å². The average Bonchev–Trinajstić information content (AvgIpc) is 2.63. The lowest BCUT2D eigenvalue weighted by molar-refractivity contribution is -0.114. The smallest absolute Gasteiger partial charge is 0.251 e. The first-order valence-corrected chi connectivity index (χ1v) is 8.99. The molecule has 0 aromatic heterocycles. The molecule has 0 unspecified atom stereocenters. The molecule has 0 fully saturated rings. The van der Waals surface area contributed by atoms with Gasteiger partial charge < -0.3 is 16.0 Å². The van der Waals surface area contributed by atoms with Gasteiger partial charge >= 0.3 is 0 Å². The van der Waals surface area contributed by atoms with Crippen molar-refractivity contribution in [1.82, 2.24) is 5.32 Å². The van der Waals surface area contributed by atoms with Crippen LogP contribution in [0, 0.1) is 13.8 Å². The van der Waals surface area contributed by atoms with Gasteiger partial charge in [-0.2, -0.15) is 0 Å². The molecule has 2 rings (SSSR count). The Bertz CT molecular complexity index is 772. The molecular formula is C21H27N3O2. The summed E-state index contributed by atoms with van der Waals surface area (Å²) in [6.07, 6.45) is 1.98. The fourth-order valence-electron chi connectivity index (χ4n) is 2.46. The highest BCUT2D eigenvalue weighted by atomic mass is 16.2. The van der Waals surface area contributed by atoms with Crippen LogP contribution >= 0.6 is 0 Å². The molecule has 5 nitrogen and oxygen atoms in total. The minimum Gasteiger partial charge on any atom is -0.376 e. The van der Waals surface area contributed by atoms with Crippen LogP contribution in [0.5, 0.6) is 0 Å². The number of unbranched alkanes of at least 4 members (excludes halogenated alkanes) is 1. The average molecular weight is 353 g/mol. The Kier molecular flexibility index (Phi) is 7.21. The van der Waals surface area contributed by atoms with Crippen LogP contribution in [0.15, 0.2) is 42.5 Å². The lowest BCUT2D eigenvalue weighted by atomic mass is 10.1. The van der Waals surface area contributed by atoms with E-state index in [1.54, 1.807) is 24.3 Å². The number of aryl methyl sites for hydroxylation is 2. The molecule has 0 aliphatic rings. The SMILES string of the molecule is CCCCNC(=O)c1cccc(NC(=O)CNc2ccc(C)c(C)c2)c1. The van der Waals surface area contributed by atoms with Crippen molar-refractivity contribution in [3.63, 3.8) is 0 Å². The summed E-state index contributed by atoms with van der Waals surface area (Å²) in [6.45, 7) is 6.99. The van der Waals surface area contributed by atoms with E-state index in [0.717, 1.165) is 18.5 Å². The molecule has 26 heavy (non-hydrogen) atoms. The molecule has 138 valence electrons. The van der Waals surface area contributed by atoms with Crippen molar-refractivity contribution in [2.45, 2.75) is 33.6 Å². The Balaban J connectivity index is 1.89. The molecule has 2 aromatic rings. The minimum atomic E-state index is -0.160. The maximum Gasteiger partial charge on any atom is 0.251 e. The molecule has 0 saturated carbocycles. The van der Waals surface area contributed by atoms with Gasteiger partial charge in [0.05, 0.1) is 6.54 Å². The third kappa shape index (κ3) is 5.92. The van der Waals surface area contributed by atoms with E-state index in [-0.39, 0.29) is 18.4 Å². The van der Waals surface area contributed by atoms with Gasteiger partial charge in [0, 0.05) is 23.5 Å². The molecule has 0 radical (unpaired) electrons. The fraction of sp³-hybridized carbons (Fsp3) is 0.333. The van der Waals surface area contributed by atoms with E-state index >= 15 is 0 Å². The first-order valence-electron chi connectivity index (χ1n) is 8.99. The lowest BCUT2D eigenvalue weighted by Crippen LogP contribution is -2.25. The van der Waals surface area contributed by atoms with Gasteiger partial charge in [-0.3, -0.25) is 9.59 Å². The normalized spacial score (nSPS) is 10.3. The van der Waals surface area contributed by atoms with Gasteiger partial charge in [-0.1, -0.05) is 25.5 Å². The van der Waals surface area contributed by atoms with Crippen LogP contribution < -0.4 is 16.0 Å². The Labute approximate surface area is 155 Å². The van der Waals surface area contributed by atoms with Crippen LogP contribution in [0.1, 0.15) is 41.3 Å². The molecule has 2 amide bonds. The maximum atomic E-state index is 12.2. The van der Waals surface area contributed by atoms with Gasteiger partial charge in [-0.25, -0.2) is 0 Å². The lowest BCUT2D eigenvalue weighted by Gasteiger charge is -2.10. The zero-order chi connectivity index (χ0) is 18.9. The summed E-state index contributed by atoms with van der Waals surface area (Å²) in [4.78, 5) is 24.2. The van der Waals surface area contributed by atoms with Crippen LogP contribution in [-0.2, 0) is 4.79 Å². The Morgan fingerprint density at radius 1 is 0.962 bits per heavy atom. The summed E-state index contributed by atoms with van der Waals surface area (Å²) < 4.78 is 0. The molecule has 0 heterocycles. The second-order valence-electron chi connectivity index (χ2n) is 6.39. The summed E-state index contributed by atoms with van der Waals surface area (Å²) in [7, 11) is 0. The minimum absolute atomic E-state index is 0.122. The molecule has 0 atom stereocenters. The van der Waals surface area contributed by atoms with Crippen LogP contribution in [0.4, 0.5) is 11.4 Å². The van der Waals surface area contributed by atoms with Crippen LogP contribution in [-0.4, -0.2) is 24.9 Å². The highest BCUT2D eigenvalue weighted by Gasteiger charge is 2.08. The van der Waals surface area contributed by atoms with E-state index in [4.69, 9.17) is 0 Å². The predicted molar refractivity (Wildman–Crippen MR) is 107 cm³/mol. The van der Waals surface area contributed by atoms with Crippen LogP contribution in [0.3, 0.4) is 0 Å². The Morgan fingerprint density at radius 2 is 1.77 bits per heavy atom. The van der Waals surface area contributed by atoms with Gasteiger partial charge in [-0.15, -0.1) is 0 Å². The Morgan fingerprint density at radius 3 is 2.50 bits per heavy atom. The third-order valence-electron chi connectivity index (χ3n) is 4.18. The van der Waals surface area contributed by atoms with Crippen molar-refractivity contribution in [3.05, 3.63) is 59.2 Å². The predicted octanol–water partition coefficient (Wildman–Crippen LogP) is 3.88. The summed E-state index contributed by atoms with van der Waals surface area (Å²) in [5, 5.41) is 8.81. The molecule has 3 N–H and O–H groups in total. The van der Waals surface area contributed by atoms with Crippen molar-refractivity contribution in [2.24, 2.45) is 0 Å². The van der Waals surface area contributed by atoms with Gasteiger partial charge in [-0.05, 0) is 61.7 Å². The fourth-order valence-corrected chi connectivity index (χ4v) is 2.46. The van der Waals surface area contributed by atoms with E-state index in [0.29, 0.717) is 17.8 Å². The summed E-state index contributed by atoms with van der Waals surface area (Å²) in [6, 6.07) is 13.0. The van der Waals surface area contributed by atoms with Crippen molar-refractivity contribution < 1.29 is 9.59 Å². The number of hydrogen-bond donors (Lipinski definition) is 3. The topological polar surface area (TPSA) is 70.2 Å². The van der Waals surface area contributed by atoms with Crippen LogP contribution in [0.25, 0.3) is 0 Å². The van der Waals surface area contributed by atoms with Crippen LogP contribution in [0.2, 0.25) is 0 Å². The number of anilines is 2. The highest BCUT2D eigenvalue weighted by molar-refractivity contribution is 5.98. The van der Waals surface area contributed by atoms with Crippen molar-refractivity contribution >= 4 is 23.2 Å². The zero-order valence-corrected chi connectivity index (χ0v) is 15.7. The molecular weight excluding hydrogens is 326 g/mol. The van der Waals surface area contributed by atoms with Crippen molar-refractivity contribution in [3.8, 4) is 0 Å². The first kappa shape index (κ1) is 19.5. The quantitative estimate of drug-likeness (QED) is 0.631. The second-order valence-corrected chi connectivity index (χ2v) is 6.39. The van der Waals surface area contributed by atoms with E-state index in [1.807, 2.05) is 25.1 Å². The number of benzene rings is 2. The second kappa shape index (κ2) is 9.61. The standard InChI is InChI=1S/C21H27N3O2/c1-4-5-11-22-21(26)17-7-6-8-19(13-17)24-20(25)14-23-18-10-9-15(2)16(3)12-18/h6-10,12-13,23H,4-5,11,14H2,1-3H3,(H,22,26)(H,24,25). The Hall–Kier alpha value is -2.82.